The van der Waals surface area contributed by atoms with E-state index in [0.29, 0.717) is 10.2 Å². The van der Waals surface area contributed by atoms with Crippen molar-refractivity contribution in [3.8, 4) is 5.75 Å². The molecule has 0 saturated heterocycles. The highest BCUT2D eigenvalue weighted by Crippen LogP contribution is 2.19. The molecule has 0 aliphatic rings. The summed E-state index contributed by atoms with van der Waals surface area (Å²) < 4.78 is 13.0. The summed E-state index contributed by atoms with van der Waals surface area (Å²) in [4.78, 5) is 4.29. The van der Waals surface area contributed by atoms with Crippen molar-refractivity contribution in [1.82, 2.24) is 0 Å². The minimum atomic E-state index is -0.386. The predicted octanol–water partition coefficient (Wildman–Crippen LogP) is 1.84. The third-order valence-corrected chi connectivity index (χ3v) is 1.67. The second-order valence-corrected chi connectivity index (χ2v) is 2.55. The molecular weight excluding hydrogens is 201 g/mol. The van der Waals surface area contributed by atoms with Crippen molar-refractivity contribution in [2.45, 2.75) is 0 Å². The smallest absolute Gasteiger partial charge is 0.149 e. The van der Waals surface area contributed by atoms with Crippen molar-refractivity contribution in [2.75, 3.05) is 0 Å². The SMILES string of the molecule is NOc1ccc(Br)c(F)c1. The standard InChI is InChI=1S/C6H5BrFNO/c7-5-2-1-4(10-9)3-6(5)8/h1-3H,9H2. The van der Waals surface area contributed by atoms with Crippen LogP contribution in [0.2, 0.25) is 0 Å². The van der Waals surface area contributed by atoms with E-state index in [1.165, 1.54) is 12.1 Å². The molecule has 10 heavy (non-hydrogen) atoms. The maximum Gasteiger partial charge on any atom is 0.149 e. The molecule has 54 valence electrons. The molecule has 0 aliphatic carbocycles. The number of benzene rings is 1. The molecule has 2 nitrogen and oxygen atoms in total. The van der Waals surface area contributed by atoms with E-state index < -0.39 is 0 Å². The van der Waals surface area contributed by atoms with Crippen molar-refractivity contribution >= 4 is 15.9 Å². The highest BCUT2D eigenvalue weighted by atomic mass is 79.9. The van der Waals surface area contributed by atoms with Crippen LogP contribution in [0, 0.1) is 5.82 Å². The van der Waals surface area contributed by atoms with Crippen molar-refractivity contribution in [3.63, 3.8) is 0 Å². The zero-order chi connectivity index (χ0) is 7.56. The number of hydrogen-bond donors (Lipinski definition) is 1. The fraction of sp³-hybridized carbons (Fsp3) is 0. The Bertz CT molecular complexity index is 241. The summed E-state index contributed by atoms with van der Waals surface area (Å²) in [5, 5.41) is 0. The van der Waals surface area contributed by atoms with Gasteiger partial charge in [-0.15, -0.1) is 0 Å². The van der Waals surface area contributed by atoms with E-state index in [-0.39, 0.29) is 5.82 Å². The molecule has 0 bridgehead atoms. The average Bonchev–Trinajstić information content (AvgIpc) is 1.95. The van der Waals surface area contributed by atoms with Gasteiger partial charge in [0.05, 0.1) is 4.47 Å². The van der Waals surface area contributed by atoms with Gasteiger partial charge >= 0.3 is 0 Å². The summed E-state index contributed by atoms with van der Waals surface area (Å²) in [6.45, 7) is 0. The van der Waals surface area contributed by atoms with E-state index >= 15 is 0 Å². The summed E-state index contributed by atoms with van der Waals surface area (Å²) in [7, 11) is 0. The van der Waals surface area contributed by atoms with Gasteiger partial charge in [-0.1, -0.05) is 0 Å². The maximum absolute atomic E-state index is 12.6. The van der Waals surface area contributed by atoms with Crippen molar-refractivity contribution in [1.29, 1.82) is 0 Å². The average molecular weight is 206 g/mol. The molecule has 1 aromatic rings. The summed E-state index contributed by atoms with van der Waals surface area (Å²) in [6, 6.07) is 4.29. The van der Waals surface area contributed by atoms with Crippen LogP contribution >= 0.6 is 15.9 Å². The van der Waals surface area contributed by atoms with Crippen molar-refractivity contribution in [2.24, 2.45) is 5.90 Å². The van der Waals surface area contributed by atoms with Gasteiger partial charge in [0.15, 0.2) is 0 Å². The molecule has 0 radical (unpaired) electrons. The van der Waals surface area contributed by atoms with Gasteiger partial charge in [-0.2, -0.15) is 5.90 Å². The fourth-order valence-corrected chi connectivity index (χ4v) is 0.797. The Hall–Kier alpha value is -0.610. The van der Waals surface area contributed by atoms with Crippen LogP contribution in [0.15, 0.2) is 22.7 Å². The largest absolute Gasteiger partial charge is 0.411 e. The van der Waals surface area contributed by atoms with Crippen molar-refractivity contribution in [3.05, 3.63) is 28.5 Å². The number of nitrogens with two attached hydrogens (primary N) is 1. The van der Waals surface area contributed by atoms with E-state index in [4.69, 9.17) is 5.90 Å². The predicted molar refractivity (Wildman–Crippen MR) is 38.9 cm³/mol. The zero-order valence-electron chi connectivity index (χ0n) is 4.97. The third kappa shape index (κ3) is 1.46. The fourth-order valence-electron chi connectivity index (χ4n) is 0.550. The van der Waals surface area contributed by atoms with Gasteiger partial charge in [-0.05, 0) is 28.1 Å². The van der Waals surface area contributed by atoms with Gasteiger partial charge < -0.3 is 4.84 Å². The summed E-state index contributed by atoms with van der Waals surface area (Å²) in [6.07, 6.45) is 0. The van der Waals surface area contributed by atoms with Gasteiger partial charge in [-0.3, -0.25) is 0 Å². The van der Waals surface area contributed by atoms with E-state index in [1.807, 2.05) is 0 Å². The highest BCUT2D eigenvalue weighted by molar-refractivity contribution is 9.10. The lowest BCUT2D eigenvalue weighted by atomic mass is 10.3. The van der Waals surface area contributed by atoms with Gasteiger partial charge in [0.1, 0.15) is 11.6 Å². The minimum Gasteiger partial charge on any atom is -0.411 e. The Labute approximate surface area is 65.9 Å². The molecule has 0 aliphatic heterocycles. The van der Waals surface area contributed by atoms with Gasteiger partial charge in [-0.25, -0.2) is 4.39 Å². The molecule has 2 N–H and O–H groups in total. The Morgan fingerprint density at radius 3 is 2.70 bits per heavy atom. The van der Waals surface area contributed by atoms with E-state index in [1.54, 1.807) is 6.07 Å². The summed E-state index contributed by atoms with van der Waals surface area (Å²) in [5.41, 5.74) is 0. The Balaban J connectivity index is 3.04. The normalized spacial score (nSPS) is 9.50. The first-order valence-electron chi connectivity index (χ1n) is 2.56. The zero-order valence-corrected chi connectivity index (χ0v) is 6.56. The van der Waals surface area contributed by atoms with Crippen LogP contribution in [0.3, 0.4) is 0 Å². The monoisotopic (exact) mass is 205 g/mol. The number of halogens is 2. The molecule has 0 aromatic heterocycles. The molecule has 1 rings (SSSR count). The van der Waals surface area contributed by atoms with Gasteiger partial charge in [0.2, 0.25) is 0 Å². The second-order valence-electron chi connectivity index (χ2n) is 1.69. The Kier molecular flexibility index (Phi) is 2.24. The molecule has 0 amide bonds. The maximum atomic E-state index is 12.6. The molecule has 0 heterocycles. The van der Waals surface area contributed by atoms with Crippen molar-refractivity contribution < 1.29 is 9.23 Å². The Morgan fingerprint density at radius 1 is 1.50 bits per heavy atom. The van der Waals surface area contributed by atoms with E-state index in [9.17, 15) is 4.39 Å². The van der Waals surface area contributed by atoms with Crippen LogP contribution in [-0.4, -0.2) is 0 Å². The van der Waals surface area contributed by atoms with Crippen LogP contribution in [0.5, 0.6) is 5.75 Å². The quantitative estimate of drug-likeness (QED) is 0.711. The van der Waals surface area contributed by atoms with Crippen LogP contribution in [-0.2, 0) is 0 Å². The lowest BCUT2D eigenvalue weighted by Crippen LogP contribution is -2.01. The Morgan fingerprint density at radius 2 is 2.20 bits per heavy atom. The van der Waals surface area contributed by atoms with Crippen LogP contribution in [0.25, 0.3) is 0 Å². The minimum absolute atomic E-state index is 0.306. The lowest BCUT2D eigenvalue weighted by Gasteiger charge is -1.97. The van der Waals surface area contributed by atoms with Crippen LogP contribution < -0.4 is 10.7 Å². The molecular formula is C6H5BrFNO. The number of hydrogen-bond acceptors (Lipinski definition) is 2. The highest BCUT2D eigenvalue weighted by Gasteiger charge is 1.99. The molecule has 0 fully saturated rings. The molecule has 0 saturated carbocycles. The van der Waals surface area contributed by atoms with Gasteiger partial charge in [0, 0.05) is 6.07 Å². The first kappa shape index (κ1) is 7.50. The molecule has 0 atom stereocenters. The molecule has 4 heteroatoms. The molecule has 0 spiro atoms. The first-order chi connectivity index (χ1) is 4.74. The second kappa shape index (κ2) is 2.98. The summed E-state index contributed by atoms with van der Waals surface area (Å²) in [5.74, 6) is 4.71. The third-order valence-electron chi connectivity index (χ3n) is 1.03. The van der Waals surface area contributed by atoms with E-state index in [0.717, 1.165) is 0 Å². The van der Waals surface area contributed by atoms with E-state index in [2.05, 4.69) is 20.8 Å². The van der Waals surface area contributed by atoms with Gasteiger partial charge in [0.25, 0.3) is 0 Å². The summed E-state index contributed by atoms with van der Waals surface area (Å²) >= 11 is 2.99. The lowest BCUT2D eigenvalue weighted by molar-refractivity contribution is 0.332. The topological polar surface area (TPSA) is 35.2 Å². The number of rotatable bonds is 1. The van der Waals surface area contributed by atoms with Crippen LogP contribution in [0.4, 0.5) is 4.39 Å². The first-order valence-corrected chi connectivity index (χ1v) is 3.35. The molecule has 0 unspecified atom stereocenters. The van der Waals surface area contributed by atoms with Crippen LogP contribution in [0.1, 0.15) is 0 Å². The molecule has 1 aromatic carbocycles.